The normalized spacial score (nSPS) is 21.8. The molecule has 0 bridgehead atoms. The molecule has 0 heterocycles. The van der Waals surface area contributed by atoms with E-state index >= 15 is 0 Å². The first-order chi connectivity index (χ1) is 8.42. The topological polar surface area (TPSA) is 0 Å². The third-order valence-electron chi connectivity index (χ3n) is 3.87. The highest BCUT2D eigenvalue weighted by Gasteiger charge is 2.35. The van der Waals surface area contributed by atoms with E-state index in [1.807, 2.05) is 0 Å². The average Bonchev–Trinajstić information content (AvgIpc) is 2.99. The quantitative estimate of drug-likeness (QED) is 0.454. The van der Waals surface area contributed by atoms with Crippen molar-refractivity contribution in [2.24, 2.45) is 0 Å². The minimum absolute atomic E-state index is 0.794. The highest BCUT2D eigenvalue weighted by molar-refractivity contribution is 8.40. The third-order valence-corrected chi connectivity index (χ3v) is 31.7. The van der Waals surface area contributed by atoms with Crippen LogP contribution in [0.25, 0.3) is 0 Å². The van der Waals surface area contributed by atoms with E-state index in [-0.39, 0.29) is 0 Å². The number of rotatable bonds is 5. The first-order valence-electron chi connectivity index (χ1n) is 6.66. The van der Waals surface area contributed by atoms with Crippen LogP contribution in [0, 0.1) is 0 Å². The maximum Gasteiger partial charge on any atom is 0.0863 e. The lowest BCUT2D eigenvalue weighted by Gasteiger charge is -2.34. The first kappa shape index (κ1) is 14.7. The van der Waals surface area contributed by atoms with Crippen LogP contribution in [0.4, 0.5) is 0 Å². The second-order valence-corrected chi connectivity index (χ2v) is 28.7. The Morgan fingerprint density at radius 2 is 0.889 bits per heavy atom. The predicted octanol–water partition coefficient (Wildman–Crippen LogP) is 5.66. The van der Waals surface area contributed by atoms with Crippen LogP contribution in [0.3, 0.4) is 0 Å². The molecule has 2 atom stereocenters. The Morgan fingerprint density at radius 3 is 1.17 bits per heavy atom. The standard InChI is InChI=1S/C14H24P2Si2/c1-17(2,13-9-5-6-10-13)15-16-18(3,4)14-11-7-8-12-14/h5-16H,1-4H3. The van der Waals surface area contributed by atoms with Crippen molar-refractivity contribution in [3.05, 3.63) is 48.6 Å². The molecular formula is C14H24P2Si2. The van der Waals surface area contributed by atoms with Gasteiger partial charge in [0.05, 0.1) is 15.5 Å². The van der Waals surface area contributed by atoms with Crippen molar-refractivity contribution in [3.8, 4) is 0 Å². The Bertz CT molecular complexity index is 356. The van der Waals surface area contributed by atoms with Gasteiger partial charge in [0, 0.05) is 0 Å². The van der Waals surface area contributed by atoms with Crippen molar-refractivity contribution < 1.29 is 0 Å². The summed E-state index contributed by atoms with van der Waals surface area (Å²) in [5, 5.41) is 0. The molecule has 0 spiro atoms. The average molecular weight is 310 g/mol. The molecule has 18 heavy (non-hydrogen) atoms. The van der Waals surface area contributed by atoms with Gasteiger partial charge < -0.3 is 0 Å². The number of hydrogen-bond acceptors (Lipinski definition) is 0. The Morgan fingerprint density at radius 1 is 0.611 bits per heavy atom. The van der Waals surface area contributed by atoms with Crippen molar-refractivity contribution in [2.45, 2.75) is 37.3 Å². The van der Waals surface area contributed by atoms with Crippen LogP contribution in [0.1, 0.15) is 0 Å². The van der Waals surface area contributed by atoms with Gasteiger partial charge in [-0.15, -0.1) is 15.6 Å². The van der Waals surface area contributed by atoms with Crippen LogP contribution in [0.2, 0.25) is 37.3 Å². The summed E-state index contributed by atoms with van der Waals surface area (Å²) >= 11 is 0. The Labute approximate surface area is 117 Å². The monoisotopic (exact) mass is 310 g/mol. The second-order valence-electron chi connectivity index (χ2n) is 6.28. The van der Waals surface area contributed by atoms with E-state index in [1.54, 1.807) is 0 Å². The van der Waals surface area contributed by atoms with Gasteiger partial charge in [-0.1, -0.05) is 74.8 Å². The molecular weight excluding hydrogens is 286 g/mol. The van der Waals surface area contributed by atoms with Crippen LogP contribution < -0.4 is 0 Å². The second kappa shape index (κ2) is 5.71. The van der Waals surface area contributed by atoms with Gasteiger partial charge in [-0.3, -0.25) is 0 Å². The molecule has 2 aliphatic rings. The minimum atomic E-state index is -1.08. The van der Waals surface area contributed by atoms with Crippen LogP contribution in [0.5, 0.6) is 0 Å². The molecule has 0 saturated heterocycles. The van der Waals surface area contributed by atoms with Crippen molar-refractivity contribution in [2.75, 3.05) is 0 Å². The molecule has 2 rings (SSSR count). The maximum absolute atomic E-state index is 2.58. The molecule has 2 unspecified atom stereocenters. The van der Waals surface area contributed by atoms with Gasteiger partial charge in [0.15, 0.2) is 0 Å². The van der Waals surface area contributed by atoms with Crippen molar-refractivity contribution in [1.82, 2.24) is 0 Å². The molecule has 0 amide bonds. The zero-order chi connectivity index (χ0) is 13.2. The SMILES string of the molecule is C[Si](C)(PP[Si](C)(C)C1C=CC=C1)C1C=CC=C1. The van der Waals surface area contributed by atoms with Crippen LogP contribution in [-0.2, 0) is 0 Å². The minimum Gasteiger partial charge on any atom is -0.114 e. The van der Waals surface area contributed by atoms with Crippen molar-refractivity contribution in [3.63, 3.8) is 0 Å². The van der Waals surface area contributed by atoms with Gasteiger partial charge in [0.25, 0.3) is 0 Å². The van der Waals surface area contributed by atoms with E-state index in [1.165, 1.54) is 15.6 Å². The summed E-state index contributed by atoms with van der Waals surface area (Å²) in [4.78, 5) is 0. The lowest BCUT2D eigenvalue weighted by atomic mass is 10.5. The fraction of sp³-hybridized carbons (Fsp3) is 0.429. The van der Waals surface area contributed by atoms with Gasteiger partial charge in [-0.05, 0) is 11.1 Å². The van der Waals surface area contributed by atoms with E-state index in [0.717, 1.165) is 11.1 Å². The molecule has 0 aliphatic heterocycles. The van der Waals surface area contributed by atoms with E-state index in [9.17, 15) is 0 Å². The van der Waals surface area contributed by atoms with Gasteiger partial charge >= 0.3 is 0 Å². The lowest BCUT2D eigenvalue weighted by molar-refractivity contribution is 1.34. The van der Waals surface area contributed by atoms with Gasteiger partial charge in [-0.25, -0.2) is 0 Å². The summed E-state index contributed by atoms with van der Waals surface area (Å²) in [5.41, 5.74) is 1.59. The van der Waals surface area contributed by atoms with E-state index in [2.05, 4.69) is 74.8 Å². The molecule has 98 valence electrons. The Hall–Kier alpha value is 0.254. The molecule has 0 aromatic carbocycles. The molecule has 0 nitrogen and oxygen atoms in total. The number of allylic oxidation sites excluding steroid dienone is 8. The summed E-state index contributed by atoms with van der Waals surface area (Å²) in [6, 6.07) is 0. The van der Waals surface area contributed by atoms with Crippen LogP contribution >= 0.6 is 15.6 Å². The fourth-order valence-electron chi connectivity index (χ4n) is 2.31. The van der Waals surface area contributed by atoms with Crippen LogP contribution in [-0.4, -0.2) is 15.5 Å². The molecule has 0 fully saturated rings. The smallest absolute Gasteiger partial charge is 0.0863 e. The number of hydrogen-bond donors (Lipinski definition) is 0. The third kappa shape index (κ3) is 3.42. The summed E-state index contributed by atoms with van der Waals surface area (Å²) < 4.78 is 0. The predicted molar refractivity (Wildman–Crippen MR) is 95.7 cm³/mol. The molecule has 0 aromatic rings. The highest BCUT2D eigenvalue weighted by Crippen LogP contribution is 2.59. The Kier molecular flexibility index (Phi) is 4.65. The zero-order valence-electron chi connectivity index (χ0n) is 11.8. The van der Waals surface area contributed by atoms with E-state index in [4.69, 9.17) is 0 Å². The first-order valence-corrected chi connectivity index (χ1v) is 17.8. The molecule has 2 aliphatic carbocycles. The lowest BCUT2D eigenvalue weighted by Crippen LogP contribution is -2.27. The molecule has 0 aromatic heterocycles. The largest absolute Gasteiger partial charge is 0.114 e. The van der Waals surface area contributed by atoms with E-state index < -0.39 is 15.5 Å². The van der Waals surface area contributed by atoms with Gasteiger partial charge in [0.1, 0.15) is 0 Å². The molecule has 0 N–H and O–H groups in total. The van der Waals surface area contributed by atoms with Crippen molar-refractivity contribution in [1.29, 1.82) is 0 Å². The molecule has 4 heteroatoms. The Balaban J connectivity index is 1.94. The summed E-state index contributed by atoms with van der Waals surface area (Å²) in [7, 11) is 0.302. The maximum atomic E-state index is 2.58. The molecule has 0 saturated carbocycles. The van der Waals surface area contributed by atoms with Crippen molar-refractivity contribution >= 4 is 31.1 Å². The van der Waals surface area contributed by atoms with Crippen LogP contribution in [0.15, 0.2) is 48.6 Å². The van der Waals surface area contributed by atoms with Gasteiger partial charge in [-0.2, -0.15) is 0 Å². The summed E-state index contributed by atoms with van der Waals surface area (Å²) in [6.45, 7) is 10.3. The van der Waals surface area contributed by atoms with E-state index in [0.29, 0.717) is 0 Å². The summed E-state index contributed by atoms with van der Waals surface area (Å²) in [6.07, 6.45) is 18.6. The van der Waals surface area contributed by atoms with Gasteiger partial charge in [0.2, 0.25) is 0 Å². The highest BCUT2D eigenvalue weighted by atomic mass is 32.2. The summed E-state index contributed by atoms with van der Waals surface area (Å²) in [5.74, 6) is 0. The zero-order valence-corrected chi connectivity index (χ0v) is 15.8. The molecule has 0 radical (unpaired) electrons. The fourth-order valence-corrected chi connectivity index (χ4v) is 35.9.